The minimum Gasteiger partial charge on any atom is -0.486 e. The highest BCUT2D eigenvalue weighted by atomic mass is 19.1. The number of ether oxygens (including phenoxy) is 1. The van der Waals surface area contributed by atoms with Crippen LogP contribution in [-0.2, 0) is 4.79 Å². The van der Waals surface area contributed by atoms with Gasteiger partial charge < -0.3 is 19.9 Å². The topological polar surface area (TPSA) is 60.4 Å². The largest absolute Gasteiger partial charge is 0.486 e. The number of para-hydroxylation sites is 1. The van der Waals surface area contributed by atoms with Crippen LogP contribution in [0.2, 0.25) is 0 Å². The Bertz CT molecular complexity index is 700. The number of hydrogen-bond donors (Lipinski definition) is 1. The van der Waals surface area contributed by atoms with Crippen LogP contribution in [0.5, 0.6) is 5.75 Å². The number of rotatable bonds is 6. The van der Waals surface area contributed by atoms with Gasteiger partial charge in [0.05, 0.1) is 13.1 Å². The molecule has 0 radical (unpaired) electrons. The van der Waals surface area contributed by atoms with E-state index in [0.29, 0.717) is 13.1 Å². The molecule has 1 atom stereocenters. The van der Waals surface area contributed by atoms with Crippen LogP contribution in [0.1, 0.15) is 19.8 Å². The second-order valence-electron chi connectivity index (χ2n) is 7.64. The number of guanidine groups is 1. The molecule has 1 N–H and O–H groups in total. The van der Waals surface area contributed by atoms with Crippen LogP contribution < -0.4 is 10.1 Å². The van der Waals surface area contributed by atoms with Crippen molar-refractivity contribution in [2.24, 2.45) is 4.99 Å². The molecule has 0 aromatic heterocycles. The van der Waals surface area contributed by atoms with Gasteiger partial charge in [0.25, 0.3) is 0 Å². The lowest BCUT2D eigenvalue weighted by Crippen LogP contribution is -2.54. The predicted molar refractivity (Wildman–Crippen MR) is 112 cm³/mol. The highest BCUT2D eigenvalue weighted by molar-refractivity contribution is 5.80. The third-order valence-electron chi connectivity index (χ3n) is 5.41. The number of carbonyl (C=O) groups is 1. The van der Waals surface area contributed by atoms with Crippen molar-refractivity contribution in [3.8, 4) is 5.75 Å². The number of amides is 1. The number of halogens is 1. The molecule has 3 rings (SSSR count). The molecule has 1 aromatic carbocycles. The first-order valence-electron chi connectivity index (χ1n) is 10.4. The molecule has 8 heteroatoms. The van der Waals surface area contributed by atoms with Crippen molar-refractivity contribution in [3.63, 3.8) is 0 Å². The van der Waals surface area contributed by atoms with E-state index < -0.39 is 0 Å². The summed E-state index contributed by atoms with van der Waals surface area (Å²) in [5.41, 5.74) is 0. The fourth-order valence-corrected chi connectivity index (χ4v) is 3.74. The van der Waals surface area contributed by atoms with Gasteiger partial charge >= 0.3 is 0 Å². The molecule has 0 spiro atoms. The van der Waals surface area contributed by atoms with Crippen LogP contribution in [-0.4, -0.2) is 92.1 Å². The molecule has 2 aliphatic heterocycles. The standard InChI is InChI=1S/C21H32FN5O2/c1-17(29-19-8-4-3-7-18(19)22)15-24-21(23-2)27-13-11-25(12-14-27)16-20(28)26-9-5-6-10-26/h3-4,7-8,17H,5-6,9-16H2,1-2H3,(H,23,24). The van der Waals surface area contributed by atoms with Crippen LogP contribution in [0, 0.1) is 5.82 Å². The summed E-state index contributed by atoms with van der Waals surface area (Å²) in [5.74, 6) is 0.952. The third kappa shape index (κ3) is 6.06. The summed E-state index contributed by atoms with van der Waals surface area (Å²) in [6.07, 6.45) is 2.05. The molecular formula is C21H32FN5O2. The molecule has 7 nitrogen and oxygen atoms in total. The monoisotopic (exact) mass is 405 g/mol. The molecular weight excluding hydrogens is 373 g/mol. The molecule has 0 bridgehead atoms. The van der Waals surface area contributed by atoms with E-state index in [2.05, 4.69) is 20.1 Å². The van der Waals surface area contributed by atoms with Crippen LogP contribution in [0.3, 0.4) is 0 Å². The van der Waals surface area contributed by atoms with Crippen molar-refractivity contribution in [3.05, 3.63) is 30.1 Å². The molecule has 0 aliphatic carbocycles. The van der Waals surface area contributed by atoms with Gasteiger partial charge in [0, 0.05) is 46.3 Å². The second-order valence-corrected chi connectivity index (χ2v) is 7.64. The lowest BCUT2D eigenvalue weighted by atomic mass is 10.3. The van der Waals surface area contributed by atoms with E-state index in [9.17, 15) is 9.18 Å². The van der Waals surface area contributed by atoms with Crippen molar-refractivity contribution in [2.45, 2.75) is 25.9 Å². The van der Waals surface area contributed by atoms with Crippen LogP contribution >= 0.6 is 0 Å². The van der Waals surface area contributed by atoms with E-state index >= 15 is 0 Å². The van der Waals surface area contributed by atoms with Crippen LogP contribution in [0.4, 0.5) is 4.39 Å². The van der Waals surface area contributed by atoms with E-state index in [-0.39, 0.29) is 23.6 Å². The van der Waals surface area contributed by atoms with Gasteiger partial charge in [0.15, 0.2) is 17.5 Å². The van der Waals surface area contributed by atoms with E-state index in [1.807, 2.05) is 11.8 Å². The zero-order valence-corrected chi connectivity index (χ0v) is 17.4. The highest BCUT2D eigenvalue weighted by Crippen LogP contribution is 2.16. The van der Waals surface area contributed by atoms with E-state index in [1.54, 1.807) is 25.2 Å². The maximum Gasteiger partial charge on any atom is 0.236 e. The van der Waals surface area contributed by atoms with Gasteiger partial charge in [-0.1, -0.05) is 12.1 Å². The maximum absolute atomic E-state index is 13.7. The summed E-state index contributed by atoms with van der Waals surface area (Å²) in [5, 5.41) is 3.31. The lowest BCUT2D eigenvalue weighted by Gasteiger charge is -2.36. The number of likely N-dealkylation sites (tertiary alicyclic amines) is 1. The Morgan fingerprint density at radius 1 is 1.14 bits per heavy atom. The predicted octanol–water partition coefficient (Wildman–Crippen LogP) is 1.41. The van der Waals surface area contributed by atoms with Gasteiger partial charge in [-0.3, -0.25) is 14.7 Å². The number of nitrogens with zero attached hydrogens (tertiary/aromatic N) is 4. The lowest BCUT2D eigenvalue weighted by molar-refractivity contribution is -0.131. The Balaban J connectivity index is 1.40. The first kappa shape index (κ1) is 21.4. The second kappa shape index (κ2) is 10.4. The zero-order chi connectivity index (χ0) is 20.6. The molecule has 1 amide bonds. The minimum absolute atomic E-state index is 0.206. The summed E-state index contributed by atoms with van der Waals surface area (Å²) in [6.45, 7) is 8.04. The quantitative estimate of drug-likeness (QED) is 0.573. The molecule has 0 saturated carbocycles. The molecule has 2 heterocycles. The van der Waals surface area contributed by atoms with E-state index in [4.69, 9.17) is 4.74 Å². The Morgan fingerprint density at radius 3 is 2.48 bits per heavy atom. The minimum atomic E-state index is -0.358. The Kier molecular flexibility index (Phi) is 7.69. The summed E-state index contributed by atoms with van der Waals surface area (Å²) in [7, 11) is 1.76. The molecule has 2 saturated heterocycles. The number of carbonyl (C=O) groups excluding carboxylic acids is 1. The molecule has 2 fully saturated rings. The Labute approximate surface area is 172 Å². The van der Waals surface area contributed by atoms with Crippen LogP contribution in [0.25, 0.3) is 0 Å². The summed E-state index contributed by atoms with van der Waals surface area (Å²) < 4.78 is 19.4. The van der Waals surface area contributed by atoms with Gasteiger partial charge in [0.2, 0.25) is 5.91 Å². The van der Waals surface area contributed by atoms with Crippen LogP contribution in [0.15, 0.2) is 29.3 Å². The maximum atomic E-state index is 13.7. The molecule has 29 heavy (non-hydrogen) atoms. The molecule has 160 valence electrons. The summed E-state index contributed by atoms with van der Waals surface area (Å²) in [4.78, 5) is 23.1. The number of benzene rings is 1. The van der Waals surface area contributed by atoms with E-state index in [1.165, 1.54) is 6.07 Å². The fraction of sp³-hybridized carbons (Fsp3) is 0.619. The number of nitrogens with one attached hydrogen (secondary N) is 1. The number of piperazine rings is 1. The van der Waals surface area contributed by atoms with Crippen molar-refractivity contribution in [1.82, 2.24) is 20.0 Å². The third-order valence-corrected chi connectivity index (χ3v) is 5.41. The summed E-state index contributed by atoms with van der Waals surface area (Å²) in [6, 6.07) is 6.42. The first-order valence-corrected chi connectivity index (χ1v) is 10.4. The van der Waals surface area contributed by atoms with Gasteiger partial charge in [-0.15, -0.1) is 0 Å². The zero-order valence-electron chi connectivity index (χ0n) is 17.4. The van der Waals surface area contributed by atoms with Crippen molar-refractivity contribution >= 4 is 11.9 Å². The SMILES string of the molecule is CN=C(NCC(C)Oc1ccccc1F)N1CCN(CC(=O)N2CCCC2)CC1. The molecule has 2 aliphatic rings. The summed E-state index contributed by atoms with van der Waals surface area (Å²) >= 11 is 0. The van der Waals surface area contributed by atoms with E-state index in [0.717, 1.165) is 58.1 Å². The number of hydrogen-bond acceptors (Lipinski definition) is 4. The van der Waals surface area contributed by atoms with Gasteiger partial charge in [-0.25, -0.2) is 4.39 Å². The van der Waals surface area contributed by atoms with Gasteiger partial charge in [0.1, 0.15) is 6.10 Å². The van der Waals surface area contributed by atoms with Crippen molar-refractivity contribution < 1.29 is 13.9 Å². The Hall–Kier alpha value is -2.35. The first-order chi connectivity index (χ1) is 14.1. The van der Waals surface area contributed by atoms with Crippen molar-refractivity contribution in [1.29, 1.82) is 0 Å². The average molecular weight is 406 g/mol. The molecule has 1 unspecified atom stereocenters. The highest BCUT2D eigenvalue weighted by Gasteiger charge is 2.24. The Morgan fingerprint density at radius 2 is 1.83 bits per heavy atom. The smallest absolute Gasteiger partial charge is 0.236 e. The van der Waals surface area contributed by atoms with Crippen molar-refractivity contribution in [2.75, 3.05) is 59.4 Å². The normalized spacial score (nSPS) is 19.3. The molecule has 1 aromatic rings. The fourth-order valence-electron chi connectivity index (χ4n) is 3.74. The average Bonchev–Trinajstić information content (AvgIpc) is 3.26. The number of aliphatic imine (C=N–C) groups is 1. The van der Waals surface area contributed by atoms with Gasteiger partial charge in [-0.2, -0.15) is 0 Å². The van der Waals surface area contributed by atoms with Gasteiger partial charge in [-0.05, 0) is 31.9 Å².